The number of halogens is 1. The number of hydrogen-bond donors (Lipinski definition) is 1. The lowest BCUT2D eigenvalue weighted by atomic mass is 10.0. The smallest absolute Gasteiger partial charge is 0.257 e. The van der Waals surface area contributed by atoms with Crippen molar-refractivity contribution in [1.82, 2.24) is 10.5 Å². The van der Waals surface area contributed by atoms with Gasteiger partial charge in [-0.25, -0.2) is 4.39 Å². The fraction of sp³-hybridized carbons (Fsp3) is 0.444. The molecule has 1 aliphatic heterocycles. The van der Waals surface area contributed by atoms with E-state index in [-0.39, 0.29) is 17.8 Å². The third-order valence-electron chi connectivity index (χ3n) is 4.52. The van der Waals surface area contributed by atoms with Crippen LogP contribution in [0.15, 0.2) is 22.7 Å². The fourth-order valence-electron chi connectivity index (χ4n) is 3.35. The number of nitrogens with one attached hydrogen (secondary N) is 1. The van der Waals surface area contributed by atoms with E-state index < -0.39 is 0 Å². The summed E-state index contributed by atoms with van der Waals surface area (Å²) in [5, 5.41) is 6.91. The zero-order chi connectivity index (χ0) is 17.3. The second kappa shape index (κ2) is 6.63. The highest BCUT2D eigenvalue weighted by Gasteiger charge is 2.25. The lowest BCUT2D eigenvalue weighted by molar-refractivity contribution is 0.0931. The highest BCUT2D eigenvalue weighted by Crippen LogP contribution is 2.25. The molecule has 0 spiro atoms. The van der Waals surface area contributed by atoms with Crippen LogP contribution < -0.4 is 10.2 Å². The number of aryl methyl sites for hydroxylation is 3. The van der Waals surface area contributed by atoms with Gasteiger partial charge in [0.05, 0.1) is 5.69 Å². The van der Waals surface area contributed by atoms with Gasteiger partial charge in [0.2, 0.25) is 0 Å². The van der Waals surface area contributed by atoms with Gasteiger partial charge >= 0.3 is 0 Å². The van der Waals surface area contributed by atoms with Crippen molar-refractivity contribution < 1.29 is 13.7 Å². The van der Waals surface area contributed by atoms with Gasteiger partial charge < -0.3 is 14.7 Å². The van der Waals surface area contributed by atoms with E-state index in [9.17, 15) is 9.18 Å². The number of nitrogens with zero attached hydrogens (tertiary/aromatic N) is 2. The van der Waals surface area contributed by atoms with Crippen LogP contribution in [0.1, 0.15) is 40.2 Å². The SMILES string of the molecule is Cc1cc(F)ccc1N1CCCC(NC(=O)c2c(C)noc2C)C1. The van der Waals surface area contributed by atoms with E-state index in [4.69, 9.17) is 4.52 Å². The van der Waals surface area contributed by atoms with Crippen LogP contribution >= 0.6 is 0 Å². The number of piperidine rings is 1. The molecule has 1 saturated heterocycles. The highest BCUT2D eigenvalue weighted by atomic mass is 19.1. The number of benzene rings is 1. The highest BCUT2D eigenvalue weighted by molar-refractivity contribution is 5.96. The van der Waals surface area contributed by atoms with Gasteiger partial charge in [-0.3, -0.25) is 4.79 Å². The second-order valence-corrected chi connectivity index (χ2v) is 6.39. The minimum atomic E-state index is -0.225. The topological polar surface area (TPSA) is 58.4 Å². The summed E-state index contributed by atoms with van der Waals surface area (Å²) in [5.74, 6) is 0.164. The first-order valence-electron chi connectivity index (χ1n) is 8.20. The summed E-state index contributed by atoms with van der Waals surface area (Å²) in [4.78, 5) is 14.7. The predicted molar refractivity (Wildman–Crippen MR) is 89.8 cm³/mol. The first-order valence-corrected chi connectivity index (χ1v) is 8.20. The van der Waals surface area contributed by atoms with Crippen molar-refractivity contribution >= 4 is 11.6 Å². The predicted octanol–water partition coefficient (Wildman–Crippen LogP) is 3.14. The molecule has 3 rings (SSSR count). The van der Waals surface area contributed by atoms with Crippen LogP contribution in [0.2, 0.25) is 0 Å². The Hall–Kier alpha value is -2.37. The summed E-state index contributed by atoms with van der Waals surface area (Å²) < 4.78 is 18.4. The molecule has 1 atom stereocenters. The van der Waals surface area contributed by atoms with Gasteiger partial charge in [-0.2, -0.15) is 0 Å². The lowest BCUT2D eigenvalue weighted by Crippen LogP contribution is -2.48. The van der Waals surface area contributed by atoms with Gasteiger partial charge in [0.25, 0.3) is 5.91 Å². The molecule has 24 heavy (non-hydrogen) atoms. The number of carbonyl (C=O) groups excluding carboxylic acids is 1. The van der Waals surface area contributed by atoms with E-state index in [0.717, 1.165) is 30.6 Å². The summed E-state index contributed by atoms with van der Waals surface area (Å²) >= 11 is 0. The molecule has 2 heterocycles. The van der Waals surface area contributed by atoms with E-state index >= 15 is 0 Å². The third-order valence-corrected chi connectivity index (χ3v) is 4.52. The number of anilines is 1. The molecule has 0 saturated carbocycles. The monoisotopic (exact) mass is 331 g/mol. The summed E-state index contributed by atoms with van der Waals surface area (Å²) in [6.45, 7) is 7.03. The Kier molecular flexibility index (Phi) is 4.55. The quantitative estimate of drug-likeness (QED) is 0.939. The first-order chi connectivity index (χ1) is 11.5. The van der Waals surface area contributed by atoms with Crippen LogP contribution in [0, 0.1) is 26.6 Å². The molecule has 1 unspecified atom stereocenters. The van der Waals surface area contributed by atoms with Crippen LogP contribution in [-0.4, -0.2) is 30.2 Å². The average molecular weight is 331 g/mol. The molecule has 0 aliphatic carbocycles. The van der Waals surface area contributed by atoms with Crippen LogP contribution in [0.5, 0.6) is 0 Å². The lowest BCUT2D eigenvalue weighted by Gasteiger charge is -2.35. The number of amides is 1. The van der Waals surface area contributed by atoms with Crippen LogP contribution in [0.25, 0.3) is 0 Å². The fourth-order valence-corrected chi connectivity index (χ4v) is 3.35. The van der Waals surface area contributed by atoms with Crippen molar-refractivity contribution in [1.29, 1.82) is 0 Å². The van der Waals surface area contributed by atoms with Crippen molar-refractivity contribution in [3.8, 4) is 0 Å². The number of hydrogen-bond acceptors (Lipinski definition) is 4. The Morgan fingerprint density at radius 2 is 2.17 bits per heavy atom. The second-order valence-electron chi connectivity index (χ2n) is 6.39. The maximum absolute atomic E-state index is 13.3. The van der Waals surface area contributed by atoms with Gasteiger partial charge in [-0.05, 0) is 57.4 Å². The molecule has 6 heteroatoms. The zero-order valence-corrected chi connectivity index (χ0v) is 14.2. The molecule has 1 N–H and O–H groups in total. The molecule has 128 valence electrons. The number of rotatable bonds is 3. The van der Waals surface area contributed by atoms with Gasteiger partial charge in [0.1, 0.15) is 17.1 Å². The minimum absolute atomic E-state index is 0.0457. The molecule has 1 aromatic heterocycles. The molecular weight excluding hydrogens is 309 g/mol. The van der Waals surface area contributed by atoms with Crippen LogP contribution in [0.3, 0.4) is 0 Å². The van der Waals surface area contributed by atoms with E-state index in [0.29, 0.717) is 23.6 Å². The molecule has 1 amide bonds. The molecule has 5 nitrogen and oxygen atoms in total. The van der Waals surface area contributed by atoms with Gasteiger partial charge in [-0.1, -0.05) is 5.16 Å². The van der Waals surface area contributed by atoms with E-state index in [2.05, 4.69) is 15.4 Å². The van der Waals surface area contributed by atoms with Crippen molar-refractivity contribution in [2.45, 2.75) is 39.7 Å². The largest absolute Gasteiger partial charge is 0.369 e. The van der Waals surface area contributed by atoms with Crippen molar-refractivity contribution in [3.05, 3.63) is 46.6 Å². The van der Waals surface area contributed by atoms with Crippen molar-refractivity contribution in [2.24, 2.45) is 0 Å². The molecule has 1 fully saturated rings. The maximum atomic E-state index is 13.3. The molecule has 2 aromatic rings. The Balaban J connectivity index is 1.71. The molecule has 0 bridgehead atoms. The Morgan fingerprint density at radius 3 is 2.83 bits per heavy atom. The van der Waals surface area contributed by atoms with Gasteiger partial charge in [-0.15, -0.1) is 0 Å². The molecule has 1 aromatic carbocycles. The van der Waals surface area contributed by atoms with Gasteiger partial charge in [0.15, 0.2) is 0 Å². The Bertz CT molecular complexity index is 737. The number of carbonyl (C=O) groups is 1. The summed E-state index contributed by atoms with van der Waals surface area (Å²) in [5.41, 5.74) is 3.05. The Morgan fingerprint density at radius 1 is 1.38 bits per heavy atom. The number of aromatic nitrogens is 1. The van der Waals surface area contributed by atoms with Crippen molar-refractivity contribution in [2.75, 3.05) is 18.0 Å². The summed E-state index contributed by atoms with van der Waals surface area (Å²) in [7, 11) is 0. The molecule has 0 radical (unpaired) electrons. The zero-order valence-electron chi connectivity index (χ0n) is 14.2. The molecule has 1 aliphatic rings. The Labute approximate surface area is 140 Å². The van der Waals surface area contributed by atoms with E-state index in [1.165, 1.54) is 6.07 Å². The van der Waals surface area contributed by atoms with E-state index in [1.54, 1.807) is 19.9 Å². The average Bonchev–Trinajstić information content (AvgIpc) is 2.86. The third kappa shape index (κ3) is 3.27. The van der Waals surface area contributed by atoms with Gasteiger partial charge in [0, 0.05) is 24.8 Å². The summed E-state index contributed by atoms with van der Waals surface area (Å²) in [6.07, 6.45) is 1.90. The van der Waals surface area contributed by atoms with Crippen LogP contribution in [0.4, 0.5) is 10.1 Å². The normalized spacial score (nSPS) is 17.8. The maximum Gasteiger partial charge on any atom is 0.257 e. The van der Waals surface area contributed by atoms with E-state index in [1.807, 2.05) is 13.0 Å². The summed E-state index contributed by atoms with van der Waals surface area (Å²) in [6, 6.07) is 4.88. The van der Waals surface area contributed by atoms with Crippen LogP contribution in [-0.2, 0) is 0 Å². The van der Waals surface area contributed by atoms with Crippen molar-refractivity contribution in [3.63, 3.8) is 0 Å². The molecular formula is C18H22FN3O2. The minimum Gasteiger partial charge on any atom is -0.369 e. The first kappa shape index (κ1) is 16.5. The standard InChI is InChI=1S/C18H22FN3O2/c1-11-9-14(19)6-7-16(11)22-8-4-5-15(10-22)20-18(23)17-12(2)21-24-13(17)3/h6-7,9,15H,4-5,8,10H2,1-3H3,(H,20,23).